The Labute approximate surface area is 171 Å². The minimum Gasteiger partial charge on any atom is -0.399 e. The molecule has 1 fully saturated rings. The zero-order valence-corrected chi connectivity index (χ0v) is 16.8. The van der Waals surface area contributed by atoms with Crippen molar-refractivity contribution in [3.05, 3.63) is 53.6 Å². The number of nitrogen functional groups attached to an aromatic ring is 1. The molecule has 1 aliphatic rings. The summed E-state index contributed by atoms with van der Waals surface area (Å²) in [4.78, 5) is 26.7. The van der Waals surface area contributed by atoms with Crippen LogP contribution < -0.4 is 16.4 Å². The largest absolute Gasteiger partial charge is 0.399 e. The Bertz CT molecular complexity index is 816. The van der Waals surface area contributed by atoms with Crippen LogP contribution in [0.2, 0.25) is 0 Å². The van der Waals surface area contributed by atoms with E-state index in [0.29, 0.717) is 22.6 Å². The molecule has 1 saturated heterocycles. The summed E-state index contributed by atoms with van der Waals surface area (Å²) in [5, 5.41) is 5.79. The van der Waals surface area contributed by atoms with Gasteiger partial charge in [0.15, 0.2) is 0 Å². The quantitative estimate of drug-likeness (QED) is 0.652. The number of nitrogens with one attached hydrogen (secondary N) is 2. The molecule has 2 aromatic rings. The first-order chi connectivity index (χ1) is 13.0. The number of nitrogens with zero attached hydrogens (tertiary/aromatic N) is 1. The first kappa shape index (κ1) is 21.6. The van der Waals surface area contributed by atoms with E-state index in [-0.39, 0.29) is 24.3 Å². The standard InChI is InChI=1S/C21H26N4O2.ClH/c1-15-6-7-16(22)14-19(15)20(26)23-17-8-10-18(11-9-17)24-21(27)25-12-4-2-3-5-13-25;/h6-11,14H,2-5,12-13,22H2,1H3,(H,23,26)(H,24,27);1H. The smallest absolute Gasteiger partial charge is 0.321 e. The Kier molecular flexibility index (Phi) is 7.70. The average molecular weight is 403 g/mol. The van der Waals surface area contributed by atoms with Gasteiger partial charge in [0.25, 0.3) is 5.91 Å². The molecule has 0 atom stereocenters. The molecular formula is C21H27ClN4O2. The summed E-state index contributed by atoms with van der Waals surface area (Å²) in [6.45, 7) is 3.48. The topological polar surface area (TPSA) is 87.5 Å². The van der Waals surface area contributed by atoms with Gasteiger partial charge in [-0.1, -0.05) is 18.9 Å². The highest BCUT2D eigenvalue weighted by Crippen LogP contribution is 2.18. The number of urea groups is 1. The van der Waals surface area contributed by atoms with E-state index in [1.807, 2.05) is 17.9 Å². The van der Waals surface area contributed by atoms with Gasteiger partial charge >= 0.3 is 6.03 Å². The van der Waals surface area contributed by atoms with Gasteiger partial charge in [0, 0.05) is 35.7 Å². The Balaban J connectivity index is 0.00000280. The lowest BCUT2D eigenvalue weighted by atomic mass is 10.1. The van der Waals surface area contributed by atoms with Gasteiger partial charge in [0.1, 0.15) is 0 Å². The van der Waals surface area contributed by atoms with Crippen LogP contribution in [0, 0.1) is 6.92 Å². The monoisotopic (exact) mass is 402 g/mol. The van der Waals surface area contributed by atoms with Crippen molar-refractivity contribution in [3.63, 3.8) is 0 Å². The lowest BCUT2D eigenvalue weighted by molar-refractivity contribution is 0.102. The molecule has 0 radical (unpaired) electrons. The molecule has 6 nitrogen and oxygen atoms in total. The number of halogens is 1. The van der Waals surface area contributed by atoms with E-state index in [9.17, 15) is 9.59 Å². The number of carbonyl (C=O) groups excluding carboxylic acids is 2. The molecule has 0 aliphatic carbocycles. The van der Waals surface area contributed by atoms with Crippen molar-refractivity contribution < 1.29 is 9.59 Å². The molecule has 0 unspecified atom stereocenters. The number of hydrogen-bond acceptors (Lipinski definition) is 3. The molecule has 1 heterocycles. The number of aryl methyl sites for hydroxylation is 1. The van der Waals surface area contributed by atoms with Crippen molar-refractivity contribution in [1.82, 2.24) is 4.90 Å². The van der Waals surface area contributed by atoms with Gasteiger partial charge in [-0.3, -0.25) is 4.79 Å². The maximum absolute atomic E-state index is 12.4. The normalized spacial score (nSPS) is 13.8. The van der Waals surface area contributed by atoms with Crippen molar-refractivity contribution in [3.8, 4) is 0 Å². The van der Waals surface area contributed by atoms with Gasteiger partial charge in [-0.25, -0.2) is 4.79 Å². The Morgan fingerprint density at radius 1 is 0.893 bits per heavy atom. The molecule has 0 aromatic heterocycles. The van der Waals surface area contributed by atoms with Crippen molar-refractivity contribution in [1.29, 1.82) is 0 Å². The zero-order chi connectivity index (χ0) is 19.2. The minimum atomic E-state index is -0.207. The maximum Gasteiger partial charge on any atom is 0.321 e. The fourth-order valence-corrected chi connectivity index (χ4v) is 3.20. The summed E-state index contributed by atoms with van der Waals surface area (Å²) in [6, 6.07) is 12.3. The number of carbonyl (C=O) groups is 2. The molecule has 0 saturated carbocycles. The molecule has 2 aromatic carbocycles. The van der Waals surface area contributed by atoms with Crippen molar-refractivity contribution in [2.45, 2.75) is 32.6 Å². The molecule has 150 valence electrons. The van der Waals surface area contributed by atoms with Gasteiger partial charge in [-0.05, 0) is 61.7 Å². The predicted molar refractivity (Wildman–Crippen MR) is 116 cm³/mol. The second kappa shape index (κ2) is 9.99. The third-order valence-corrected chi connectivity index (χ3v) is 4.79. The summed E-state index contributed by atoms with van der Waals surface area (Å²) < 4.78 is 0. The molecule has 3 amide bonds. The molecule has 0 bridgehead atoms. The van der Waals surface area contributed by atoms with Gasteiger partial charge in [-0.15, -0.1) is 12.4 Å². The van der Waals surface area contributed by atoms with E-state index in [0.717, 1.165) is 31.5 Å². The summed E-state index contributed by atoms with van der Waals surface area (Å²) in [7, 11) is 0. The van der Waals surface area contributed by atoms with Crippen molar-refractivity contribution in [2.24, 2.45) is 0 Å². The van der Waals surface area contributed by atoms with E-state index in [4.69, 9.17) is 5.73 Å². The van der Waals surface area contributed by atoms with Crippen LogP contribution in [0.5, 0.6) is 0 Å². The first-order valence-corrected chi connectivity index (χ1v) is 9.36. The van der Waals surface area contributed by atoms with Crippen LogP contribution in [-0.4, -0.2) is 29.9 Å². The average Bonchev–Trinajstić information content (AvgIpc) is 2.95. The van der Waals surface area contributed by atoms with Crippen LogP contribution in [0.1, 0.15) is 41.6 Å². The number of benzene rings is 2. The Hall–Kier alpha value is -2.73. The molecule has 0 spiro atoms. The number of rotatable bonds is 3. The van der Waals surface area contributed by atoms with Crippen molar-refractivity contribution in [2.75, 3.05) is 29.5 Å². The third-order valence-electron chi connectivity index (χ3n) is 4.79. The van der Waals surface area contributed by atoms with Crippen LogP contribution >= 0.6 is 12.4 Å². The number of nitrogens with two attached hydrogens (primary N) is 1. The summed E-state index contributed by atoms with van der Waals surface area (Å²) in [6.07, 6.45) is 4.49. The van der Waals surface area contributed by atoms with Crippen LogP contribution in [0.15, 0.2) is 42.5 Å². The third kappa shape index (κ3) is 5.63. The number of hydrogen-bond donors (Lipinski definition) is 3. The maximum atomic E-state index is 12.4. The summed E-state index contributed by atoms with van der Waals surface area (Å²) in [5.74, 6) is -0.207. The minimum absolute atomic E-state index is 0. The van der Waals surface area contributed by atoms with Gasteiger partial charge in [-0.2, -0.15) is 0 Å². The lowest BCUT2D eigenvalue weighted by Gasteiger charge is -2.20. The SMILES string of the molecule is Cc1ccc(N)cc1C(=O)Nc1ccc(NC(=O)N2CCCCCC2)cc1.Cl. The molecular weight excluding hydrogens is 376 g/mol. The van der Waals surface area contributed by atoms with E-state index in [1.165, 1.54) is 12.8 Å². The molecule has 4 N–H and O–H groups in total. The predicted octanol–water partition coefficient (Wildman–Crippen LogP) is 4.66. The molecule has 3 rings (SSSR count). The lowest BCUT2D eigenvalue weighted by Crippen LogP contribution is -2.35. The summed E-state index contributed by atoms with van der Waals surface area (Å²) >= 11 is 0. The van der Waals surface area contributed by atoms with E-state index < -0.39 is 0 Å². The van der Waals surface area contributed by atoms with E-state index >= 15 is 0 Å². The highest BCUT2D eigenvalue weighted by Gasteiger charge is 2.15. The van der Waals surface area contributed by atoms with Gasteiger partial charge < -0.3 is 21.3 Å². The van der Waals surface area contributed by atoms with Crippen LogP contribution in [0.25, 0.3) is 0 Å². The Morgan fingerprint density at radius 2 is 1.46 bits per heavy atom. The van der Waals surface area contributed by atoms with Gasteiger partial charge in [0.2, 0.25) is 0 Å². The fraction of sp³-hybridized carbons (Fsp3) is 0.333. The highest BCUT2D eigenvalue weighted by atomic mass is 35.5. The van der Waals surface area contributed by atoms with Crippen molar-refractivity contribution >= 4 is 41.4 Å². The Morgan fingerprint density at radius 3 is 2.07 bits per heavy atom. The molecule has 7 heteroatoms. The van der Waals surface area contributed by atoms with E-state index in [2.05, 4.69) is 10.6 Å². The second-order valence-electron chi connectivity index (χ2n) is 6.94. The number of likely N-dealkylation sites (tertiary alicyclic amines) is 1. The zero-order valence-electron chi connectivity index (χ0n) is 16.0. The first-order valence-electron chi connectivity index (χ1n) is 9.36. The van der Waals surface area contributed by atoms with Gasteiger partial charge in [0.05, 0.1) is 0 Å². The van der Waals surface area contributed by atoms with Crippen LogP contribution in [0.3, 0.4) is 0 Å². The number of amides is 3. The van der Waals surface area contributed by atoms with Crippen LogP contribution in [0.4, 0.5) is 21.9 Å². The molecule has 1 aliphatic heterocycles. The van der Waals surface area contributed by atoms with Crippen LogP contribution in [-0.2, 0) is 0 Å². The summed E-state index contributed by atoms with van der Waals surface area (Å²) in [5.41, 5.74) is 9.11. The second-order valence-corrected chi connectivity index (χ2v) is 6.94. The fourth-order valence-electron chi connectivity index (χ4n) is 3.20. The molecule has 28 heavy (non-hydrogen) atoms. The highest BCUT2D eigenvalue weighted by molar-refractivity contribution is 6.06. The number of anilines is 3. The van der Waals surface area contributed by atoms with E-state index in [1.54, 1.807) is 36.4 Å².